The van der Waals surface area contributed by atoms with E-state index >= 15 is 0 Å². The van der Waals surface area contributed by atoms with Crippen LogP contribution in [0.15, 0.2) is 24.3 Å². The number of benzene rings is 1. The molecule has 0 unspecified atom stereocenters. The van der Waals surface area contributed by atoms with Crippen LogP contribution in [0.1, 0.15) is 30.5 Å². The molecule has 0 saturated carbocycles. The summed E-state index contributed by atoms with van der Waals surface area (Å²) in [6, 6.07) is 3.22. The summed E-state index contributed by atoms with van der Waals surface area (Å²) in [5.41, 5.74) is -0.474. The molecular formula is C12H12F3NO2. The van der Waals surface area contributed by atoms with Gasteiger partial charge in [0.25, 0.3) is 6.04 Å². The second kappa shape index (κ2) is 4.96. The van der Waals surface area contributed by atoms with Gasteiger partial charge in [0.05, 0.1) is 12.0 Å². The number of aliphatic hydroxyl groups is 2. The van der Waals surface area contributed by atoms with Crippen molar-refractivity contribution < 1.29 is 23.4 Å². The van der Waals surface area contributed by atoms with Gasteiger partial charge in [0.15, 0.2) is 5.79 Å². The van der Waals surface area contributed by atoms with E-state index in [1.807, 2.05) is 0 Å². The van der Waals surface area contributed by atoms with Crippen LogP contribution < -0.4 is 0 Å². The number of rotatable bonds is 3. The fraction of sp³-hybridized carbons (Fsp3) is 0.417. The quantitative estimate of drug-likeness (QED) is 0.647. The highest BCUT2D eigenvalue weighted by Crippen LogP contribution is 2.32. The van der Waals surface area contributed by atoms with E-state index in [1.54, 1.807) is 0 Å². The summed E-state index contributed by atoms with van der Waals surface area (Å²) in [5.74, 6) is -2.03. The van der Waals surface area contributed by atoms with E-state index in [4.69, 9.17) is 6.57 Å². The molecule has 0 amide bonds. The summed E-state index contributed by atoms with van der Waals surface area (Å²) in [6.07, 6.45) is -4.68. The Bertz CT molecular complexity index is 440. The highest BCUT2D eigenvalue weighted by Gasteiger charge is 2.32. The zero-order chi connectivity index (χ0) is 14.0. The van der Waals surface area contributed by atoms with Crippen molar-refractivity contribution in [1.82, 2.24) is 0 Å². The Morgan fingerprint density at radius 2 is 1.72 bits per heavy atom. The molecule has 6 heteroatoms. The monoisotopic (exact) mass is 259 g/mol. The van der Waals surface area contributed by atoms with Gasteiger partial charge in [-0.15, -0.1) is 0 Å². The number of alkyl halides is 3. The first kappa shape index (κ1) is 14.5. The third-order valence-electron chi connectivity index (χ3n) is 2.36. The van der Waals surface area contributed by atoms with Gasteiger partial charge in [-0.1, -0.05) is 12.1 Å². The normalized spacial score (nSPS) is 14.1. The highest BCUT2D eigenvalue weighted by atomic mass is 19.4. The van der Waals surface area contributed by atoms with Gasteiger partial charge in [-0.05, 0) is 19.1 Å². The average molecular weight is 259 g/mol. The lowest BCUT2D eigenvalue weighted by Gasteiger charge is -2.17. The lowest BCUT2D eigenvalue weighted by atomic mass is 9.99. The Morgan fingerprint density at radius 1 is 1.22 bits per heavy atom. The van der Waals surface area contributed by atoms with Gasteiger partial charge in [-0.25, -0.2) is 6.57 Å². The summed E-state index contributed by atoms with van der Waals surface area (Å²) in [7, 11) is 0. The third kappa shape index (κ3) is 4.02. The van der Waals surface area contributed by atoms with Crippen molar-refractivity contribution in [3.05, 3.63) is 46.8 Å². The van der Waals surface area contributed by atoms with Gasteiger partial charge in [0.1, 0.15) is 0 Å². The third-order valence-corrected chi connectivity index (χ3v) is 2.36. The Hall–Kier alpha value is -1.58. The molecule has 18 heavy (non-hydrogen) atoms. The summed E-state index contributed by atoms with van der Waals surface area (Å²) >= 11 is 0. The fourth-order valence-corrected chi connectivity index (χ4v) is 1.50. The molecule has 0 fully saturated rings. The van der Waals surface area contributed by atoms with Crippen molar-refractivity contribution in [3.8, 4) is 0 Å². The topological polar surface area (TPSA) is 44.8 Å². The van der Waals surface area contributed by atoms with Crippen molar-refractivity contribution in [2.45, 2.75) is 31.3 Å². The summed E-state index contributed by atoms with van der Waals surface area (Å²) in [6.45, 7) is 8.05. The molecule has 0 bridgehead atoms. The van der Waals surface area contributed by atoms with Crippen LogP contribution in [-0.2, 0) is 6.18 Å². The maximum atomic E-state index is 12.3. The Kier molecular flexibility index (Phi) is 3.99. The lowest BCUT2D eigenvalue weighted by Crippen LogP contribution is -2.25. The zero-order valence-electron chi connectivity index (χ0n) is 9.57. The average Bonchev–Trinajstić information content (AvgIpc) is 2.24. The Morgan fingerprint density at radius 3 is 2.06 bits per heavy atom. The maximum Gasteiger partial charge on any atom is 0.416 e. The molecule has 98 valence electrons. The highest BCUT2D eigenvalue weighted by molar-refractivity contribution is 5.28. The second-order valence-electron chi connectivity index (χ2n) is 4.19. The minimum absolute atomic E-state index is 0.262. The van der Waals surface area contributed by atoms with Gasteiger partial charge >= 0.3 is 6.18 Å². The van der Waals surface area contributed by atoms with E-state index < -0.39 is 23.6 Å². The van der Waals surface area contributed by atoms with Crippen molar-refractivity contribution in [2.24, 2.45) is 0 Å². The molecule has 0 aliphatic carbocycles. The molecule has 0 aliphatic heterocycles. The van der Waals surface area contributed by atoms with Crippen molar-refractivity contribution in [3.63, 3.8) is 0 Å². The van der Waals surface area contributed by atoms with E-state index in [0.717, 1.165) is 19.1 Å². The standard InChI is InChI=1S/C12H12F3NO2/c1-11(17,18)7-10(16-2)8-3-5-9(6-4-8)12(13,14)15/h3-6,10,17-18H,7H2,1H3/t10-/m1/s1. The van der Waals surface area contributed by atoms with Crippen LogP contribution in [0.2, 0.25) is 0 Å². The molecule has 1 aromatic carbocycles. The Balaban J connectivity index is 2.94. The van der Waals surface area contributed by atoms with Gasteiger partial charge in [-0.3, -0.25) is 0 Å². The number of nitrogens with zero attached hydrogens (tertiary/aromatic N) is 1. The molecule has 1 atom stereocenters. The van der Waals surface area contributed by atoms with Gasteiger partial charge in [0, 0.05) is 5.56 Å². The van der Waals surface area contributed by atoms with Crippen LogP contribution in [0.4, 0.5) is 13.2 Å². The van der Waals surface area contributed by atoms with E-state index in [9.17, 15) is 23.4 Å². The largest absolute Gasteiger partial charge is 0.416 e. The van der Waals surface area contributed by atoms with Gasteiger partial charge in [0.2, 0.25) is 0 Å². The predicted octanol–water partition coefficient (Wildman–Crippen LogP) is 2.76. The van der Waals surface area contributed by atoms with Crippen LogP contribution in [0.5, 0.6) is 0 Å². The molecule has 2 N–H and O–H groups in total. The van der Waals surface area contributed by atoms with E-state index in [-0.39, 0.29) is 6.42 Å². The minimum Gasteiger partial charge on any atom is -0.366 e. The molecular weight excluding hydrogens is 247 g/mol. The molecule has 0 spiro atoms. The zero-order valence-corrected chi connectivity index (χ0v) is 9.57. The Labute approximate surface area is 102 Å². The van der Waals surface area contributed by atoms with Crippen LogP contribution in [0.25, 0.3) is 4.85 Å². The van der Waals surface area contributed by atoms with Crippen LogP contribution in [0.3, 0.4) is 0 Å². The molecule has 0 saturated heterocycles. The van der Waals surface area contributed by atoms with E-state index in [1.165, 1.54) is 12.1 Å². The van der Waals surface area contributed by atoms with Crippen molar-refractivity contribution >= 4 is 0 Å². The molecule has 1 aromatic rings. The second-order valence-corrected chi connectivity index (χ2v) is 4.19. The van der Waals surface area contributed by atoms with E-state index in [2.05, 4.69) is 4.85 Å². The predicted molar refractivity (Wildman–Crippen MR) is 58.2 cm³/mol. The molecule has 0 radical (unpaired) electrons. The minimum atomic E-state index is -4.42. The molecule has 0 aromatic heterocycles. The molecule has 3 nitrogen and oxygen atoms in total. The first-order valence-corrected chi connectivity index (χ1v) is 5.12. The maximum absolute atomic E-state index is 12.3. The van der Waals surface area contributed by atoms with Crippen molar-refractivity contribution in [2.75, 3.05) is 0 Å². The fourth-order valence-electron chi connectivity index (χ4n) is 1.50. The first-order valence-electron chi connectivity index (χ1n) is 5.12. The number of halogens is 3. The van der Waals surface area contributed by atoms with Gasteiger partial charge in [-0.2, -0.15) is 13.2 Å². The summed E-state index contributed by atoms with van der Waals surface area (Å²) in [4.78, 5) is 3.18. The van der Waals surface area contributed by atoms with Gasteiger partial charge < -0.3 is 15.1 Å². The van der Waals surface area contributed by atoms with Crippen molar-refractivity contribution in [1.29, 1.82) is 0 Å². The number of hydrogen-bond donors (Lipinski definition) is 2. The summed E-state index contributed by atoms with van der Waals surface area (Å²) in [5, 5.41) is 18.4. The van der Waals surface area contributed by atoms with Crippen LogP contribution >= 0.6 is 0 Å². The lowest BCUT2D eigenvalue weighted by molar-refractivity contribution is -0.151. The van der Waals surface area contributed by atoms with Crippen LogP contribution in [0, 0.1) is 6.57 Å². The number of hydrogen-bond acceptors (Lipinski definition) is 2. The van der Waals surface area contributed by atoms with E-state index in [0.29, 0.717) is 5.56 Å². The van der Waals surface area contributed by atoms with Crippen LogP contribution in [-0.4, -0.2) is 16.0 Å². The molecule has 0 heterocycles. The SMILES string of the molecule is [C-]#[N+][C@H](CC(C)(O)O)c1ccc(C(F)(F)F)cc1. The first-order chi connectivity index (χ1) is 8.13. The summed E-state index contributed by atoms with van der Waals surface area (Å²) < 4.78 is 37.0. The molecule has 0 aliphatic rings. The smallest absolute Gasteiger partial charge is 0.366 e. The molecule has 1 rings (SSSR count).